The molecule has 2 aliphatic heterocycles. The summed E-state index contributed by atoms with van der Waals surface area (Å²) in [7, 11) is 1.70. The molecule has 3 heterocycles. The summed E-state index contributed by atoms with van der Waals surface area (Å²) >= 11 is 0. The maximum atomic E-state index is 11.8. The number of fused-ring (bicyclic) bond motifs is 1. The van der Waals surface area contributed by atoms with Gasteiger partial charge in [0.2, 0.25) is 5.95 Å². The summed E-state index contributed by atoms with van der Waals surface area (Å²) in [5.74, 6) is 0.693. The van der Waals surface area contributed by atoms with Gasteiger partial charge in [-0.1, -0.05) is 0 Å². The second kappa shape index (κ2) is 4.62. The predicted molar refractivity (Wildman–Crippen MR) is 71.2 cm³/mol. The molecule has 9 nitrogen and oxygen atoms in total. The van der Waals surface area contributed by atoms with Crippen LogP contribution in [0.3, 0.4) is 0 Å². The van der Waals surface area contributed by atoms with Crippen LogP contribution in [0.2, 0.25) is 0 Å². The number of rotatable bonds is 2. The first-order valence-electron chi connectivity index (χ1n) is 6.34. The molecule has 3 atom stereocenters. The standard InChI is InChI=1S/C11H17N5O4/c1-15-10-8(9(19)14-11(15)12)13-4-16(10)7-2-5(18)6(3-17)20-7/h5-7,13,17-18H,2-4H2,1H3,(H2,12,14,19)/t5-,6+,7-/m0/s1. The Morgan fingerprint density at radius 1 is 1.60 bits per heavy atom. The number of ether oxygens (including phenoxy) is 1. The molecule has 0 radical (unpaired) electrons. The Balaban J connectivity index is 1.96. The lowest BCUT2D eigenvalue weighted by Crippen LogP contribution is -2.37. The molecule has 1 aromatic rings. The quantitative estimate of drug-likeness (QED) is 0.492. The van der Waals surface area contributed by atoms with Crippen LogP contribution < -0.4 is 21.5 Å². The van der Waals surface area contributed by atoms with Crippen molar-refractivity contribution in [2.75, 3.05) is 29.2 Å². The zero-order valence-corrected chi connectivity index (χ0v) is 11.0. The largest absolute Gasteiger partial charge is 0.394 e. The molecule has 1 saturated heterocycles. The molecule has 2 aliphatic rings. The number of nitrogens with two attached hydrogens (primary N) is 1. The Morgan fingerprint density at radius 2 is 2.35 bits per heavy atom. The van der Waals surface area contributed by atoms with E-state index in [-0.39, 0.29) is 12.6 Å². The first kappa shape index (κ1) is 13.2. The van der Waals surface area contributed by atoms with Crippen molar-refractivity contribution in [3.05, 3.63) is 10.4 Å². The first-order valence-corrected chi connectivity index (χ1v) is 6.34. The molecular formula is C11H17N5O4. The topological polar surface area (TPSA) is 126 Å². The highest BCUT2D eigenvalue weighted by Crippen LogP contribution is 2.34. The minimum absolute atomic E-state index is 0.111. The van der Waals surface area contributed by atoms with Gasteiger partial charge in [0.05, 0.1) is 19.4 Å². The Hall–Kier alpha value is -1.84. The molecule has 0 spiro atoms. The van der Waals surface area contributed by atoms with E-state index in [2.05, 4.69) is 10.3 Å². The van der Waals surface area contributed by atoms with E-state index >= 15 is 0 Å². The molecule has 20 heavy (non-hydrogen) atoms. The Labute approximate surface area is 114 Å². The van der Waals surface area contributed by atoms with Crippen LogP contribution in [0.25, 0.3) is 0 Å². The average molecular weight is 283 g/mol. The van der Waals surface area contributed by atoms with Gasteiger partial charge in [0.25, 0.3) is 5.56 Å². The van der Waals surface area contributed by atoms with Gasteiger partial charge in [-0.3, -0.25) is 9.36 Å². The number of aliphatic hydroxyl groups is 2. The molecular weight excluding hydrogens is 266 g/mol. The lowest BCUT2D eigenvalue weighted by Gasteiger charge is -2.26. The lowest BCUT2D eigenvalue weighted by molar-refractivity contribution is -0.0219. The minimum Gasteiger partial charge on any atom is -0.394 e. The van der Waals surface area contributed by atoms with Gasteiger partial charge in [0, 0.05) is 13.5 Å². The van der Waals surface area contributed by atoms with Gasteiger partial charge in [0.15, 0.2) is 0 Å². The highest BCUT2D eigenvalue weighted by Gasteiger charge is 2.40. The number of hydrogen-bond donors (Lipinski definition) is 4. The zero-order valence-electron chi connectivity index (χ0n) is 11.0. The molecule has 0 aliphatic carbocycles. The third kappa shape index (κ3) is 1.82. The van der Waals surface area contributed by atoms with Gasteiger partial charge in [0.1, 0.15) is 23.8 Å². The summed E-state index contributed by atoms with van der Waals surface area (Å²) in [5.41, 5.74) is 5.65. The van der Waals surface area contributed by atoms with Gasteiger partial charge >= 0.3 is 0 Å². The smallest absolute Gasteiger partial charge is 0.300 e. The molecule has 0 amide bonds. The summed E-state index contributed by atoms with van der Waals surface area (Å²) in [6, 6.07) is 0. The van der Waals surface area contributed by atoms with Gasteiger partial charge < -0.3 is 30.9 Å². The second-order valence-electron chi connectivity index (χ2n) is 4.95. The van der Waals surface area contributed by atoms with E-state index in [9.17, 15) is 9.90 Å². The highest BCUT2D eigenvalue weighted by atomic mass is 16.5. The van der Waals surface area contributed by atoms with Crippen molar-refractivity contribution in [2.45, 2.75) is 24.9 Å². The molecule has 110 valence electrons. The van der Waals surface area contributed by atoms with Crippen LogP contribution in [0.5, 0.6) is 0 Å². The van der Waals surface area contributed by atoms with Crippen molar-refractivity contribution in [3.8, 4) is 0 Å². The van der Waals surface area contributed by atoms with Crippen molar-refractivity contribution in [2.24, 2.45) is 7.05 Å². The highest BCUT2D eigenvalue weighted by molar-refractivity contribution is 5.72. The van der Waals surface area contributed by atoms with Crippen LogP contribution in [0.1, 0.15) is 6.42 Å². The Bertz CT molecular complexity index is 589. The van der Waals surface area contributed by atoms with Crippen LogP contribution in [0, 0.1) is 0 Å². The van der Waals surface area contributed by atoms with E-state index in [1.807, 2.05) is 0 Å². The van der Waals surface area contributed by atoms with Crippen LogP contribution in [-0.2, 0) is 11.8 Å². The second-order valence-corrected chi connectivity index (χ2v) is 4.95. The molecule has 3 rings (SSSR count). The van der Waals surface area contributed by atoms with Gasteiger partial charge in [-0.2, -0.15) is 4.98 Å². The summed E-state index contributed by atoms with van der Waals surface area (Å²) in [4.78, 5) is 17.3. The van der Waals surface area contributed by atoms with Crippen LogP contribution >= 0.6 is 0 Å². The van der Waals surface area contributed by atoms with Crippen molar-refractivity contribution < 1.29 is 14.9 Å². The molecule has 0 saturated carbocycles. The lowest BCUT2D eigenvalue weighted by atomic mass is 10.2. The molecule has 0 unspecified atom stereocenters. The third-order valence-corrected chi connectivity index (χ3v) is 3.74. The van der Waals surface area contributed by atoms with Gasteiger partial charge in [-0.25, -0.2) is 0 Å². The monoisotopic (exact) mass is 283 g/mol. The van der Waals surface area contributed by atoms with E-state index < -0.39 is 24.0 Å². The molecule has 9 heteroatoms. The molecule has 0 aromatic carbocycles. The molecule has 1 fully saturated rings. The first-order chi connectivity index (χ1) is 9.52. The van der Waals surface area contributed by atoms with E-state index in [0.29, 0.717) is 24.6 Å². The summed E-state index contributed by atoms with van der Waals surface area (Å²) in [5, 5.41) is 21.9. The van der Waals surface area contributed by atoms with E-state index in [0.717, 1.165) is 0 Å². The molecule has 5 N–H and O–H groups in total. The SMILES string of the molecule is Cn1c(N)nc(=O)c2c1N([C@@H]1C[C@H](O)[C@@H](CO)O1)CN2. The Kier molecular flexibility index (Phi) is 3.04. The van der Waals surface area contributed by atoms with E-state index in [1.54, 1.807) is 16.5 Å². The maximum Gasteiger partial charge on any atom is 0.300 e. The maximum absolute atomic E-state index is 11.8. The van der Waals surface area contributed by atoms with E-state index in [1.165, 1.54) is 0 Å². The number of aromatic nitrogens is 2. The average Bonchev–Trinajstić information content (AvgIpc) is 2.99. The minimum atomic E-state index is -0.731. The number of nitrogen functional groups attached to an aromatic ring is 1. The number of nitrogens with one attached hydrogen (secondary N) is 1. The number of nitrogens with zero attached hydrogens (tertiary/aromatic N) is 3. The fourth-order valence-corrected chi connectivity index (χ4v) is 2.65. The van der Waals surface area contributed by atoms with Gasteiger partial charge in [-0.15, -0.1) is 0 Å². The molecule has 1 aromatic heterocycles. The van der Waals surface area contributed by atoms with E-state index in [4.69, 9.17) is 15.6 Å². The zero-order chi connectivity index (χ0) is 14.4. The van der Waals surface area contributed by atoms with Crippen LogP contribution in [-0.4, -0.2) is 51.5 Å². The number of hydrogen-bond acceptors (Lipinski definition) is 8. The Morgan fingerprint density at radius 3 is 3.00 bits per heavy atom. The van der Waals surface area contributed by atoms with Gasteiger partial charge in [-0.05, 0) is 0 Å². The fraction of sp³-hybridized carbons (Fsp3) is 0.636. The predicted octanol–water partition coefficient (Wildman–Crippen LogP) is -1.98. The summed E-state index contributed by atoms with van der Waals surface area (Å²) in [6.07, 6.45) is -1.42. The third-order valence-electron chi connectivity index (χ3n) is 3.74. The van der Waals surface area contributed by atoms with Crippen molar-refractivity contribution in [1.29, 1.82) is 0 Å². The van der Waals surface area contributed by atoms with Crippen molar-refractivity contribution in [1.82, 2.24) is 9.55 Å². The van der Waals surface area contributed by atoms with Crippen molar-refractivity contribution in [3.63, 3.8) is 0 Å². The summed E-state index contributed by atoms with van der Waals surface area (Å²) in [6.45, 7) is 0.113. The number of aliphatic hydroxyl groups excluding tert-OH is 2. The summed E-state index contributed by atoms with van der Waals surface area (Å²) < 4.78 is 7.20. The van der Waals surface area contributed by atoms with Crippen LogP contribution in [0.15, 0.2) is 4.79 Å². The fourth-order valence-electron chi connectivity index (χ4n) is 2.65. The van der Waals surface area contributed by atoms with Crippen LogP contribution in [0.4, 0.5) is 17.5 Å². The molecule has 0 bridgehead atoms. The normalized spacial score (nSPS) is 28.6. The van der Waals surface area contributed by atoms with Crippen molar-refractivity contribution >= 4 is 17.5 Å². The number of anilines is 3.